The molecule has 1 aromatic carbocycles. The van der Waals surface area contributed by atoms with Crippen molar-refractivity contribution in [2.24, 2.45) is 0 Å². The van der Waals surface area contributed by atoms with Gasteiger partial charge in [-0.25, -0.2) is 18.9 Å². The van der Waals surface area contributed by atoms with E-state index in [0.717, 1.165) is 16.8 Å². The van der Waals surface area contributed by atoms with E-state index in [1.54, 1.807) is 35.2 Å². The summed E-state index contributed by atoms with van der Waals surface area (Å²) in [6.07, 6.45) is 4.91. The van der Waals surface area contributed by atoms with Crippen LogP contribution in [0.5, 0.6) is 0 Å². The van der Waals surface area contributed by atoms with Crippen LogP contribution >= 0.6 is 11.3 Å². The fourth-order valence-corrected chi connectivity index (χ4v) is 3.84. The molecule has 5 aromatic rings. The monoisotopic (exact) mass is 377 g/mol. The zero-order valence-corrected chi connectivity index (χ0v) is 14.9. The Bertz CT molecular complexity index is 1350. The summed E-state index contributed by atoms with van der Waals surface area (Å²) in [6.45, 7) is 1.87. The van der Waals surface area contributed by atoms with E-state index in [-0.39, 0.29) is 11.4 Å². The molecule has 4 heterocycles. The zero-order valence-electron chi connectivity index (χ0n) is 14.1. The molecule has 0 radical (unpaired) electrons. The number of benzene rings is 1. The van der Waals surface area contributed by atoms with Crippen LogP contribution in [0.2, 0.25) is 0 Å². The predicted octanol–water partition coefficient (Wildman–Crippen LogP) is 3.60. The van der Waals surface area contributed by atoms with Crippen molar-refractivity contribution in [2.75, 3.05) is 0 Å². The third-order valence-electron chi connectivity index (χ3n) is 4.45. The topological polar surface area (TPSA) is 65.1 Å². The van der Waals surface area contributed by atoms with E-state index < -0.39 is 0 Å². The van der Waals surface area contributed by atoms with Gasteiger partial charge in [0, 0.05) is 29.5 Å². The maximum atomic E-state index is 13.3. The van der Waals surface area contributed by atoms with Crippen molar-refractivity contribution in [1.82, 2.24) is 24.1 Å². The first-order chi connectivity index (χ1) is 13.1. The molecule has 0 fully saturated rings. The SMILES string of the molecule is Cc1nn2c(ncc3c(=O)n(-c4nccs4)ccc32)c1-c1ccc(F)cc1. The summed E-state index contributed by atoms with van der Waals surface area (Å²) >= 11 is 1.39. The second kappa shape index (κ2) is 5.82. The molecule has 0 bridgehead atoms. The van der Waals surface area contributed by atoms with Gasteiger partial charge in [-0.05, 0) is 30.7 Å². The minimum absolute atomic E-state index is 0.201. The van der Waals surface area contributed by atoms with Gasteiger partial charge in [0.15, 0.2) is 10.8 Å². The first-order valence-electron chi connectivity index (χ1n) is 8.19. The first kappa shape index (κ1) is 15.8. The van der Waals surface area contributed by atoms with Crippen molar-refractivity contribution in [1.29, 1.82) is 0 Å². The highest BCUT2D eigenvalue weighted by molar-refractivity contribution is 7.12. The van der Waals surface area contributed by atoms with Crippen molar-refractivity contribution >= 4 is 27.9 Å². The van der Waals surface area contributed by atoms with Gasteiger partial charge in [0.25, 0.3) is 5.56 Å². The molecule has 0 aliphatic carbocycles. The maximum absolute atomic E-state index is 13.3. The highest BCUT2D eigenvalue weighted by Gasteiger charge is 2.17. The molecule has 0 unspecified atom stereocenters. The number of nitrogens with zero attached hydrogens (tertiary/aromatic N) is 5. The molecule has 0 saturated heterocycles. The molecule has 0 saturated carbocycles. The standard InChI is InChI=1S/C19H12FN5OS/c1-11-16(12-2-4-13(20)5-3-12)17-22-10-14-15(25(17)23-11)6-8-24(18(14)26)19-21-7-9-27-19/h2-10H,1H3. The molecule has 0 spiro atoms. The Labute approximate surface area is 156 Å². The van der Waals surface area contributed by atoms with Crippen molar-refractivity contribution < 1.29 is 4.39 Å². The van der Waals surface area contributed by atoms with Crippen LogP contribution in [0.3, 0.4) is 0 Å². The van der Waals surface area contributed by atoms with Crippen LogP contribution in [0, 0.1) is 12.7 Å². The molecular weight excluding hydrogens is 365 g/mol. The summed E-state index contributed by atoms with van der Waals surface area (Å²) < 4.78 is 16.4. The molecule has 5 rings (SSSR count). The molecule has 27 heavy (non-hydrogen) atoms. The number of aromatic nitrogens is 5. The summed E-state index contributed by atoms with van der Waals surface area (Å²) in [5.41, 5.74) is 3.49. The van der Waals surface area contributed by atoms with E-state index in [2.05, 4.69) is 15.1 Å². The number of hydrogen-bond acceptors (Lipinski definition) is 5. The fraction of sp³-hybridized carbons (Fsp3) is 0.0526. The summed E-state index contributed by atoms with van der Waals surface area (Å²) in [6, 6.07) is 8.04. The average molecular weight is 377 g/mol. The number of fused-ring (bicyclic) bond motifs is 3. The van der Waals surface area contributed by atoms with Crippen molar-refractivity contribution in [2.45, 2.75) is 6.92 Å². The van der Waals surface area contributed by atoms with Crippen molar-refractivity contribution in [3.05, 3.63) is 76.2 Å². The predicted molar refractivity (Wildman–Crippen MR) is 102 cm³/mol. The lowest BCUT2D eigenvalue weighted by atomic mass is 10.1. The van der Waals surface area contributed by atoms with Crippen LogP contribution in [-0.2, 0) is 0 Å². The lowest BCUT2D eigenvalue weighted by molar-refractivity contribution is 0.628. The van der Waals surface area contributed by atoms with E-state index in [4.69, 9.17) is 0 Å². The molecule has 6 nitrogen and oxygen atoms in total. The van der Waals surface area contributed by atoms with Gasteiger partial charge in [-0.1, -0.05) is 12.1 Å². The number of rotatable bonds is 2. The molecule has 0 atom stereocenters. The minimum atomic E-state index is -0.297. The molecule has 4 aromatic heterocycles. The van der Waals surface area contributed by atoms with Crippen LogP contribution in [0.15, 0.2) is 59.1 Å². The van der Waals surface area contributed by atoms with E-state index >= 15 is 0 Å². The lowest BCUT2D eigenvalue weighted by Crippen LogP contribution is -2.18. The van der Waals surface area contributed by atoms with Gasteiger partial charge in [-0.2, -0.15) is 5.10 Å². The lowest BCUT2D eigenvalue weighted by Gasteiger charge is -2.05. The molecule has 0 aliphatic rings. The number of thiazole rings is 1. The number of pyridine rings is 1. The van der Waals surface area contributed by atoms with Gasteiger partial charge in [-0.15, -0.1) is 11.3 Å². The molecule has 132 valence electrons. The van der Waals surface area contributed by atoms with E-state index in [9.17, 15) is 9.18 Å². The minimum Gasteiger partial charge on any atom is -0.268 e. The quantitative estimate of drug-likeness (QED) is 0.471. The fourth-order valence-electron chi connectivity index (χ4n) is 3.22. The van der Waals surface area contributed by atoms with Gasteiger partial charge < -0.3 is 0 Å². The summed E-state index contributed by atoms with van der Waals surface area (Å²) in [4.78, 5) is 21.6. The Morgan fingerprint density at radius 1 is 1.11 bits per heavy atom. The Morgan fingerprint density at radius 3 is 2.67 bits per heavy atom. The van der Waals surface area contributed by atoms with E-state index in [1.165, 1.54) is 28.0 Å². The van der Waals surface area contributed by atoms with Gasteiger partial charge >= 0.3 is 0 Å². The Balaban J connectivity index is 1.79. The maximum Gasteiger partial charge on any atom is 0.267 e. The number of halogens is 1. The Kier molecular flexibility index (Phi) is 3.41. The second-order valence-corrected chi connectivity index (χ2v) is 6.94. The Morgan fingerprint density at radius 2 is 1.93 bits per heavy atom. The zero-order chi connectivity index (χ0) is 18.5. The molecule has 0 amide bonds. The summed E-state index contributed by atoms with van der Waals surface area (Å²) in [7, 11) is 0. The first-order valence-corrected chi connectivity index (χ1v) is 9.07. The Hall–Kier alpha value is -3.39. The van der Waals surface area contributed by atoms with Gasteiger partial charge in [0.2, 0.25) is 0 Å². The molecule has 0 N–H and O–H groups in total. The molecular formula is C19H12FN5OS. The second-order valence-electron chi connectivity index (χ2n) is 6.07. The highest BCUT2D eigenvalue weighted by Crippen LogP contribution is 2.28. The van der Waals surface area contributed by atoms with Gasteiger partial charge in [-0.3, -0.25) is 9.36 Å². The summed E-state index contributed by atoms with van der Waals surface area (Å²) in [5, 5.41) is 7.45. The summed E-state index contributed by atoms with van der Waals surface area (Å²) in [5.74, 6) is -0.297. The highest BCUT2D eigenvalue weighted by atomic mass is 32.1. The molecule has 0 aliphatic heterocycles. The van der Waals surface area contributed by atoms with Crippen LogP contribution < -0.4 is 5.56 Å². The van der Waals surface area contributed by atoms with Crippen molar-refractivity contribution in [3.63, 3.8) is 0 Å². The van der Waals surface area contributed by atoms with Crippen LogP contribution in [-0.4, -0.2) is 24.1 Å². The normalized spacial score (nSPS) is 11.5. The smallest absolute Gasteiger partial charge is 0.267 e. The van der Waals surface area contributed by atoms with Gasteiger partial charge in [0.05, 0.1) is 16.6 Å². The van der Waals surface area contributed by atoms with Gasteiger partial charge in [0.1, 0.15) is 5.82 Å². The van der Waals surface area contributed by atoms with E-state index in [1.807, 2.05) is 18.4 Å². The van der Waals surface area contributed by atoms with Crippen molar-refractivity contribution in [3.8, 4) is 16.3 Å². The van der Waals surface area contributed by atoms with Crippen LogP contribution in [0.25, 0.3) is 32.8 Å². The van der Waals surface area contributed by atoms with Crippen LogP contribution in [0.1, 0.15) is 5.69 Å². The molecule has 8 heteroatoms. The van der Waals surface area contributed by atoms with Crippen LogP contribution in [0.4, 0.5) is 4.39 Å². The average Bonchev–Trinajstić information content (AvgIpc) is 3.30. The third-order valence-corrected chi connectivity index (χ3v) is 5.22. The number of hydrogen-bond donors (Lipinski definition) is 0. The van der Waals surface area contributed by atoms with E-state index in [0.29, 0.717) is 21.7 Å². The largest absolute Gasteiger partial charge is 0.268 e. The number of aryl methyl sites for hydroxylation is 1. The third kappa shape index (κ3) is 2.37.